The molecule has 0 aliphatic carbocycles. The molecule has 3 fully saturated rings. The summed E-state index contributed by atoms with van der Waals surface area (Å²) in [5.74, 6) is -3.49. The minimum Gasteiger partial charge on any atom is -0.374 e. The summed E-state index contributed by atoms with van der Waals surface area (Å²) in [4.78, 5) is 69.0. The molecule has 4 N–H and O–H groups in total. The maximum Gasteiger partial charge on any atom is 0.301 e. The lowest BCUT2D eigenvalue weighted by Crippen LogP contribution is -2.50. The van der Waals surface area contributed by atoms with Gasteiger partial charge in [0.2, 0.25) is 23.5 Å². The zero-order valence-corrected chi connectivity index (χ0v) is 36.4. The number of H-pyrrole nitrogens is 1. The number of fused-ring (bicyclic) bond motifs is 1. The Morgan fingerprint density at radius 2 is 1.61 bits per heavy atom. The van der Waals surface area contributed by atoms with Crippen molar-refractivity contribution in [3.63, 3.8) is 0 Å². The van der Waals surface area contributed by atoms with E-state index >= 15 is 8.78 Å². The second kappa shape index (κ2) is 18.9. The summed E-state index contributed by atoms with van der Waals surface area (Å²) in [6.07, 6.45) is 7.20. The molecule has 0 saturated carbocycles. The Hall–Kier alpha value is -6.15. The Morgan fingerprint density at radius 1 is 0.891 bits per heavy atom. The fourth-order valence-electron chi connectivity index (χ4n) is 8.37. The molecule has 1 atom stereocenters. The number of nitrogens with one attached hydrogen (secondary N) is 4. The number of carbonyl (C=O) groups excluding carboxylic acids is 4. The molecule has 336 valence electrons. The van der Waals surface area contributed by atoms with Crippen LogP contribution in [0.4, 0.5) is 20.2 Å². The van der Waals surface area contributed by atoms with Crippen LogP contribution in [-0.4, -0.2) is 131 Å². The third-order valence-electron chi connectivity index (χ3n) is 12.4. The van der Waals surface area contributed by atoms with Crippen molar-refractivity contribution in [1.82, 2.24) is 39.3 Å². The van der Waals surface area contributed by atoms with Crippen LogP contribution >= 0.6 is 0 Å². The molecule has 0 bridgehead atoms. The molecule has 8 rings (SSSR count). The number of aromatic amines is 1. The minimum absolute atomic E-state index is 0.0369. The zero-order chi connectivity index (χ0) is 45.1. The van der Waals surface area contributed by atoms with Gasteiger partial charge in [-0.3, -0.25) is 44.0 Å². The fourth-order valence-corrected chi connectivity index (χ4v) is 9.30. The van der Waals surface area contributed by atoms with Crippen LogP contribution in [0.5, 0.6) is 0 Å². The topological polar surface area (TPSA) is 193 Å². The lowest BCUT2D eigenvalue weighted by atomic mass is 9.89. The number of pyridine rings is 2. The van der Waals surface area contributed by atoms with E-state index in [0.717, 1.165) is 72.4 Å². The number of hydrogen-bond donors (Lipinski definition) is 4. The van der Waals surface area contributed by atoms with Crippen molar-refractivity contribution in [2.75, 3.05) is 69.4 Å². The zero-order valence-electron chi connectivity index (χ0n) is 35.6. The highest BCUT2D eigenvalue weighted by Gasteiger charge is 2.30. The van der Waals surface area contributed by atoms with Crippen LogP contribution in [0.25, 0.3) is 22.2 Å². The molecule has 19 heteroatoms. The molecule has 5 aromatic rings. The van der Waals surface area contributed by atoms with Gasteiger partial charge in [-0.1, -0.05) is 25.1 Å². The Kier molecular flexibility index (Phi) is 13.1. The van der Waals surface area contributed by atoms with Crippen molar-refractivity contribution >= 4 is 56.1 Å². The summed E-state index contributed by atoms with van der Waals surface area (Å²) in [6.45, 7) is 7.19. The number of hydrogen-bond acceptors (Lipinski definition) is 11. The minimum atomic E-state index is -4.14. The number of piperidine rings is 2. The average Bonchev–Trinajstić information content (AvgIpc) is 3.73. The number of ketones is 1. The third kappa shape index (κ3) is 9.81. The van der Waals surface area contributed by atoms with Gasteiger partial charge in [0.1, 0.15) is 17.5 Å². The van der Waals surface area contributed by atoms with E-state index in [1.54, 1.807) is 25.4 Å². The van der Waals surface area contributed by atoms with E-state index in [-0.39, 0.29) is 29.8 Å². The highest BCUT2D eigenvalue weighted by molar-refractivity contribution is 7.90. The number of halogens is 2. The maximum atomic E-state index is 15.6. The van der Waals surface area contributed by atoms with Crippen LogP contribution in [0, 0.1) is 11.6 Å². The Bertz CT molecular complexity index is 2660. The predicted molar refractivity (Wildman–Crippen MR) is 236 cm³/mol. The lowest BCUT2D eigenvalue weighted by Gasteiger charge is -2.37. The van der Waals surface area contributed by atoms with Gasteiger partial charge in [-0.15, -0.1) is 0 Å². The van der Waals surface area contributed by atoms with Gasteiger partial charge in [-0.2, -0.15) is 12.7 Å². The third-order valence-corrected chi connectivity index (χ3v) is 13.9. The molecule has 6 heterocycles. The molecule has 3 aliphatic heterocycles. The van der Waals surface area contributed by atoms with Crippen molar-refractivity contribution in [3.8, 4) is 11.1 Å². The van der Waals surface area contributed by atoms with Gasteiger partial charge in [0, 0.05) is 112 Å². The van der Waals surface area contributed by atoms with Crippen molar-refractivity contribution < 1.29 is 36.4 Å². The van der Waals surface area contributed by atoms with Gasteiger partial charge in [-0.05, 0) is 67.1 Å². The first-order valence-corrected chi connectivity index (χ1v) is 22.8. The number of piperazine rings is 1. The van der Waals surface area contributed by atoms with Crippen LogP contribution < -0.4 is 15.4 Å². The largest absolute Gasteiger partial charge is 0.374 e. The number of amides is 3. The molecule has 0 spiro atoms. The average molecular weight is 897 g/mol. The molecule has 1 unspecified atom stereocenters. The smallest absolute Gasteiger partial charge is 0.301 e. The summed E-state index contributed by atoms with van der Waals surface area (Å²) in [6, 6.07) is 15.0. The van der Waals surface area contributed by atoms with Crippen molar-refractivity contribution in [2.45, 2.75) is 51.1 Å². The predicted octanol–water partition coefficient (Wildman–Crippen LogP) is 4.48. The summed E-state index contributed by atoms with van der Waals surface area (Å²) < 4.78 is 58.7. The summed E-state index contributed by atoms with van der Waals surface area (Å²) in [7, 11) is -2.84. The van der Waals surface area contributed by atoms with Crippen LogP contribution in [0.15, 0.2) is 73.2 Å². The van der Waals surface area contributed by atoms with E-state index in [1.807, 2.05) is 29.2 Å². The Labute approximate surface area is 369 Å². The molecule has 2 aromatic carbocycles. The van der Waals surface area contributed by atoms with Crippen LogP contribution in [0.2, 0.25) is 0 Å². The number of likely N-dealkylation sites (tertiary alicyclic amines) is 1. The second-order valence-corrected chi connectivity index (χ2v) is 18.3. The standard InChI is InChI=1S/C45H50F2N10O6S/c1-3-54(2)64(62,63)53-37-11-10-36(46)41(42(37)47)43(60)35-25-50-44-34(35)22-31(24-49-44)30-6-9-33(48-23-30)26-55-18-20-56(21-19-55)27-40(59)57-16-14-29(15-17-57)28-4-7-32(8-5-28)51-38-12-13-39(58)52-45(38)61/h4-11,22-25,29,38,51,53H,3,12-21,26-27H2,1-2H3,(H,49,50)(H,52,58,61). The molecule has 0 radical (unpaired) electrons. The highest BCUT2D eigenvalue weighted by Crippen LogP contribution is 2.31. The van der Waals surface area contributed by atoms with E-state index in [1.165, 1.54) is 18.8 Å². The van der Waals surface area contributed by atoms with Gasteiger partial charge < -0.3 is 15.2 Å². The first-order chi connectivity index (χ1) is 30.8. The van der Waals surface area contributed by atoms with Gasteiger partial charge in [0.05, 0.1) is 23.5 Å². The van der Waals surface area contributed by atoms with Crippen LogP contribution in [-0.2, 0) is 31.1 Å². The van der Waals surface area contributed by atoms with Gasteiger partial charge >= 0.3 is 10.2 Å². The molecule has 3 aliphatic rings. The van der Waals surface area contributed by atoms with E-state index in [4.69, 9.17) is 0 Å². The number of nitrogens with zero attached hydrogens (tertiary/aromatic N) is 6. The quantitative estimate of drug-likeness (QED) is 0.0908. The number of anilines is 2. The SMILES string of the molecule is CCN(C)S(=O)(=O)Nc1ccc(F)c(C(=O)c2c[nH]c3ncc(-c4ccc(CN5CCN(CC(=O)N6CCC(c7ccc(NC8CCC(=O)NC8=O)cc7)CC6)CC5)nc4)cc23)c1F. The molecule has 3 aromatic heterocycles. The number of imide groups is 1. The van der Waals surface area contributed by atoms with Crippen molar-refractivity contribution in [1.29, 1.82) is 0 Å². The Balaban J connectivity index is 0.811. The van der Waals surface area contributed by atoms with Crippen molar-refractivity contribution in [2.24, 2.45) is 0 Å². The van der Waals surface area contributed by atoms with Gasteiger partial charge in [0.15, 0.2) is 5.82 Å². The number of benzene rings is 2. The first-order valence-electron chi connectivity index (χ1n) is 21.4. The maximum absolute atomic E-state index is 15.6. The van der Waals surface area contributed by atoms with E-state index < -0.39 is 44.9 Å². The Morgan fingerprint density at radius 3 is 2.30 bits per heavy atom. The highest BCUT2D eigenvalue weighted by atomic mass is 32.2. The monoisotopic (exact) mass is 896 g/mol. The van der Waals surface area contributed by atoms with E-state index in [2.05, 4.69) is 52.2 Å². The summed E-state index contributed by atoms with van der Waals surface area (Å²) >= 11 is 0. The molecular weight excluding hydrogens is 847 g/mol. The number of carbonyl (C=O) groups is 4. The second-order valence-electron chi connectivity index (χ2n) is 16.5. The van der Waals surface area contributed by atoms with Gasteiger partial charge in [0.25, 0.3) is 0 Å². The summed E-state index contributed by atoms with van der Waals surface area (Å²) in [5.41, 5.74) is 3.08. The van der Waals surface area contributed by atoms with Crippen LogP contribution in [0.3, 0.4) is 0 Å². The molecule has 3 amide bonds. The molecule has 3 saturated heterocycles. The lowest BCUT2D eigenvalue weighted by molar-refractivity contribution is -0.134. The van der Waals surface area contributed by atoms with Crippen LogP contribution in [0.1, 0.15) is 65.7 Å². The van der Waals surface area contributed by atoms with E-state index in [0.29, 0.717) is 61.5 Å². The number of aromatic nitrogens is 3. The molecule has 64 heavy (non-hydrogen) atoms. The normalized spacial score (nSPS) is 18.1. The first kappa shape index (κ1) is 44.5. The molecular formula is C45H50F2N10O6S. The fraction of sp³-hybridized carbons (Fsp3) is 0.378. The molecule has 16 nitrogen and oxygen atoms in total. The summed E-state index contributed by atoms with van der Waals surface area (Å²) in [5, 5.41) is 5.92. The number of rotatable bonds is 14. The van der Waals surface area contributed by atoms with Crippen molar-refractivity contribution in [3.05, 3.63) is 107 Å². The van der Waals surface area contributed by atoms with Gasteiger partial charge in [-0.25, -0.2) is 13.8 Å². The van der Waals surface area contributed by atoms with E-state index in [9.17, 15) is 27.6 Å².